The van der Waals surface area contributed by atoms with E-state index in [0.29, 0.717) is 23.1 Å². The number of carbonyl (C=O) groups is 2. The van der Waals surface area contributed by atoms with Crippen LogP contribution in [0.25, 0.3) is 0 Å². The van der Waals surface area contributed by atoms with Crippen molar-refractivity contribution < 1.29 is 19.1 Å². The monoisotopic (exact) mass is 334 g/mol. The quantitative estimate of drug-likeness (QED) is 0.918. The van der Waals surface area contributed by atoms with E-state index in [2.05, 4.69) is 5.32 Å². The van der Waals surface area contributed by atoms with Gasteiger partial charge in [0.2, 0.25) is 11.8 Å². The maximum atomic E-state index is 12.1. The number of carbonyl (C=O) groups excluding carboxylic acids is 2. The molecule has 0 atom stereocenters. The maximum Gasteiger partial charge on any atom is 0.251 e. The third-order valence-electron chi connectivity index (χ3n) is 4.34. The molecule has 6 nitrogen and oxygen atoms in total. The zero-order valence-corrected chi connectivity index (χ0v) is 13.5. The Balaban J connectivity index is 1.41. The zero-order chi connectivity index (χ0) is 15.9. The van der Waals surface area contributed by atoms with Crippen LogP contribution in [0.1, 0.15) is 25.7 Å². The van der Waals surface area contributed by atoms with Crippen molar-refractivity contribution in [3.8, 4) is 11.5 Å². The van der Waals surface area contributed by atoms with E-state index >= 15 is 0 Å². The Labute approximate surface area is 138 Å². The molecule has 1 aliphatic carbocycles. The summed E-state index contributed by atoms with van der Waals surface area (Å²) in [6.07, 6.45) is 4.02. The van der Waals surface area contributed by atoms with Gasteiger partial charge in [0.1, 0.15) is 6.54 Å². The Morgan fingerprint density at radius 2 is 2.04 bits per heavy atom. The average Bonchev–Trinajstić information content (AvgIpc) is 3.21. The van der Waals surface area contributed by atoms with Gasteiger partial charge in [-0.05, 0) is 25.0 Å². The van der Waals surface area contributed by atoms with Gasteiger partial charge in [-0.1, -0.05) is 0 Å². The number of nitrogens with one attached hydrogen (secondary N) is 1. The molecule has 1 N–H and O–H groups in total. The van der Waals surface area contributed by atoms with Crippen LogP contribution in [-0.4, -0.2) is 40.7 Å². The lowest BCUT2D eigenvalue weighted by Gasteiger charge is -2.21. The van der Waals surface area contributed by atoms with Crippen molar-refractivity contribution in [2.45, 2.75) is 31.5 Å². The highest BCUT2D eigenvalue weighted by Crippen LogP contribution is 2.47. The van der Waals surface area contributed by atoms with Crippen LogP contribution < -0.4 is 14.8 Å². The van der Waals surface area contributed by atoms with Crippen molar-refractivity contribution in [2.24, 2.45) is 0 Å². The van der Waals surface area contributed by atoms with Gasteiger partial charge < -0.3 is 19.7 Å². The fourth-order valence-electron chi connectivity index (χ4n) is 3.20. The second-order valence-electron chi connectivity index (χ2n) is 6.10. The molecule has 122 valence electrons. The molecule has 0 bridgehead atoms. The van der Waals surface area contributed by atoms with Crippen LogP contribution in [0.2, 0.25) is 0 Å². The minimum atomic E-state index is -0.496. The maximum absolute atomic E-state index is 12.1. The highest BCUT2D eigenvalue weighted by atomic mass is 32.2. The molecule has 0 aromatic heterocycles. The first-order valence-corrected chi connectivity index (χ1v) is 8.97. The minimum absolute atomic E-state index is 0.0130. The average molecular weight is 334 g/mol. The Bertz CT molecular complexity index is 657. The lowest BCUT2D eigenvalue weighted by Crippen LogP contribution is -2.34. The van der Waals surface area contributed by atoms with E-state index in [-0.39, 0.29) is 18.4 Å². The number of hydrogen-bond donors (Lipinski definition) is 1. The van der Waals surface area contributed by atoms with Crippen LogP contribution in [0.4, 0.5) is 5.69 Å². The van der Waals surface area contributed by atoms with Crippen LogP contribution >= 0.6 is 11.8 Å². The van der Waals surface area contributed by atoms with Gasteiger partial charge in [-0.3, -0.25) is 9.59 Å². The summed E-state index contributed by atoms with van der Waals surface area (Å²) >= 11 is 1.53. The van der Waals surface area contributed by atoms with E-state index in [1.807, 2.05) is 6.07 Å². The van der Waals surface area contributed by atoms with Crippen LogP contribution in [0.15, 0.2) is 18.2 Å². The van der Waals surface area contributed by atoms with E-state index in [4.69, 9.17) is 9.47 Å². The summed E-state index contributed by atoms with van der Waals surface area (Å²) in [5.74, 6) is 1.77. The van der Waals surface area contributed by atoms with E-state index in [0.717, 1.165) is 31.4 Å². The molecular weight excluding hydrogens is 316 g/mol. The van der Waals surface area contributed by atoms with Gasteiger partial charge in [-0.15, -0.1) is 11.8 Å². The second kappa shape index (κ2) is 5.63. The molecule has 2 aliphatic heterocycles. The zero-order valence-electron chi connectivity index (χ0n) is 12.7. The molecule has 2 fully saturated rings. The molecule has 1 spiro atoms. The number of anilines is 1. The van der Waals surface area contributed by atoms with Crippen molar-refractivity contribution in [1.82, 2.24) is 4.90 Å². The molecule has 3 aliphatic rings. The third-order valence-corrected chi connectivity index (χ3v) is 5.29. The molecule has 7 heteroatoms. The predicted octanol–water partition coefficient (Wildman–Crippen LogP) is 2.20. The van der Waals surface area contributed by atoms with Crippen LogP contribution in [0, 0.1) is 0 Å². The molecule has 1 saturated carbocycles. The van der Waals surface area contributed by atoms with Crippen molar-refractivity contribution in [3.63, 3.8) is 0 Å². The topological polar surface area (TPSA) is 67.9 Å². The normalized spacial score (nSPS) is 21.2. The van der Waals surface area contributed by atoms with Crippen molar-refractivity contribution >= 4 is 29.3 Å². The number of hydrogen-bond acceptors (Lipinski definition) is 5. The number of ether oxygens (including phenoxy) is 2. The van der Waals surface area contributed by atoms with E-state index in [1.165, 1.54) is 11.8 Å². The van der Waals surface area contributed by atoms with E-state index < -0.39 is 5.79 Å². The fraction of sp³-hybridized carbons (Fsp3) is 0.500. The molecule has 1 aromatic carbocycles. The highest BCUT2D eigenvalue weighted by Gasteiger charge is 2.44. The summed E-state index contributed by atoms with van der Waals surface area (Å²) in [6, 6.07) is 5.42. The first-order valence-electron chi connectivity index (χ1n) is 7.81. The summed E-state index contributed by atoms with van der Waals surface area (Å²) in [5, 5.41) is 2.82. The summed E-state index contributed by atoms with van der Waals surface area (Å²) in [4.78, 5) is 25.2. The van der Waals surface area contributed by atoms with Gasteiger partial charge in [-0.2, -0.15) is 0 Å². The van der Waals surface area contributed by atoms with Crippen molar-refractivity contribution in [3.05, 3.63) is 18.2 Å². The number of rotatable bonds is 3. The number of benzene rings is 1. The van der Waals surface area contributed by atoms with Gasteiger partial charge in [0.05, 0.1) is 11.6 Å². The third kappa shape index (κ3) is 2.85. The largest absolute Gasteiger partial charge is 0.448 e. The summed E-state index contributed by atoms with van der Waals surface area (Å²) in [5.41, 5.74) is 0.659. The standard InChI is InChI=1S/C16H18N2O4S/c19-14(8-18-10-23-9-15(18)20)17-11-3-4-12-13(7-11)22-16(21-12)5-1-2-6-16/h3-4,7H,1-2,5-6,8-10H2,(H,17,19). The Morgan fingerprint density at radius 1 is 1.26 bits per heavy atom. The number of thioether (sulfide) groups is 1. The highest BCUT2D eigenvalue weighted by molar-refractivity contribution is 8.00. The van der Waals surface area contributed by atoms with Gasteiger partial charge in [0.15, 0.2) is 11.5 Å². The van der Waals surface area contributed by atoms with E-state index in [1.54, 1.807) is 17.0 Å². The van der Waals surface area contributed by atoms with Crippen molar-refractivity contribution in [2.75, 3.05) is 23.5 Å². The van der Waals surface area contributed by atoms with Crippen LogP contribution in [0.3, 0.4) is 0 Å². The number of fused-ring (bicyclic) bond motifs is 1. The van der Waals surface area contributed by atoms with Gasteiger partial charge in [0.25, 0.3) is 5.79 Å². The summed E-state index contributed by atoms with van der Waals surface area (Å²) in [7, 11) is 0. The predicted molar refractivity (Wildman–Crippen MR) is 86.6 cm³/mol. The van der Waals surface area contributed by atoms with Gasteiger partial charge >= 0.3 is 0 Å². The Hall–Kier alpha value is -1.89. The molecule has 4 rings (SSSR count). The Morgan fingerprint density at radius 3 is 2.78 bits per heavy atom. The molecular formula is C16H18N2O4S. The van der Waals surface area contributed by atoms with Crippen molar-refractivity contribution in [1.29, 1.82) is 0 Å². The number of nitrogens with zero attached hydrogens (tertiary/aromatic N) is 1. The lowest BCUT2D eigenvalue weighted by molar-refractivity contribution is -0.130. The fourth-order valence-corrected chi connectivity index (χ4v) is 4.11. The molecule has 1 aromatic rings. The number of amides is 2. The van der Waals surface area contributed by atoms with Gasteiger partial charge in [-0.25, -0.2) is 0 Å². The molecule has 0 radical (unpaired) electrons. The lowest BCUT2D eigenvalue weighted by atomic mass is 10.2. The SMILES string of the molecule is O=C(CN1CSCC1=O)Nc1ccc2c(c1)OC1(CCCC1)O2. The summed E-state index contributed by atoms with van der Waals surface area (Å²) in [6.45, 7) is 0.0875. The van der Waals surface area contributed by atoms with Crippen LogP contribution in [0.5, 0.6) is 11.5 Å². The smallest absolute Gasteiger partial charge is 0.251 e. The minimum Gasteiger partial charge on any atom is -0.448 e. The van der Waals surface area contributed by atoms with Crippen LogP contribution in [-0.2, 0) is 9.59 Å². The first-order chi connectivity index (χ1) is 11.1. The molecule has 2 amide bonds. The van der Waals surface area contributed by atoms with E-state index in [9.17, 15) is 9.59 Å². The molecule has 1 saturated heterocycles. The Kier molecular flexibility index (Phi) is 3.60. The summed E-state index contributed by atoms with van der Waals surface area (Å²) < 4.78 is 11.9. The van der Waals surface area contributed by atoms with Gasteiger partial charge in [0, 0.05) is 24.6 Å². The first kappa shape index (κ1) is 14.7. The molecule has 23 heavy (non-hydrogen) atoms. The molecule has 2 heterocycles. The molecule has 0 unspecified atom stereocenters. The second-order valence-corrected chi connectivity index (χ2v) is 7.06.